The van der Waals surface area contributed by atoms with Gasteiger partial charge in [0.15, 0.2) is 0 Å². The average Bonchev–Trinajstić information content (AvgIpc) is 2.08. The summed E-state index contributed by atoms with van der Waals surface area (Å²) in [5, 5.41) is 0. The zero-order chi connectivity index (χ0) is 12.5. The van der Waals surface area contributed by atoms with Gasteiger partial charge in [-0.05, 0) is 0 Å². The molecule has 8 heteroatoms. The summed E-state index contributed by atoms with van der Waals surface area (Å²) in [6, 6.07) is -1.77. The highest BCUT2D eigenvalue weighted by molar-refractivity contribution is 5.85. The number of halogens is 7. The van der Waals surface area contributed by atoms with Gasteiger partial charge in [0.1, 0.15) is 23.5 Å². The van der Waals surface area contributed by atoms with Crippen LogP contribution in [-0.4, -0.2) is 12.2 Å². The molecule has 0 saturated heterocycles. The first-order chi connectivity index (χ1) is 7.21. The smallest absolute Gasteiger partial charge is 0.320 e. The molecule has 0 aliphatic heterocycles. The predicted octanol–water partition coefficient (Wildman–Crippen LogP) is 2.96. The summed E-state index contributed by atoms with van der Waals surface area (Å²) in [7, 11) is 0. The van der Waals surface area contributed by atoms with E-state index in [1.807, 2.05) is 0 Å². The minimum absolute atomic E-state index is 0. The second-order valence-electron chi connectivity index (χ2n) is 3.20. The Morgan fingerprint density at radius 1 is 1.06 bits per heavy atom. The fourth-order valence-corrected chi connectivity index (χ4v) is 1.10. The van der Waals surface area contributed by atoms with Crippen molar-refractivity contribution in [1.29, 1.82) is 0 Å². The maximum Gasteiger partial charge on any atom is 0.403 e. The maximum atomic E-state index is 13.0. The first kappa shape index (κ1) is 16.1. The molecule has 1 atom stereocenters. The summed E-state index contributed by atoms with van der Waals surface area (Å²) >= 11 is 0. The number of alkyl halides is 3. The third-order valence-corrected chi connectivity index (χ3v) is 1.95. The molecular weight excluding hydrogens is 272 g/mol. The van der Waals surface area contributed by atoms with E-state index in [1.165, 1.54) is 0 Å². The quantitative estimate of drug-likeness (QED) is 0.828. The van der Waals surface area contributed by atoms with Crippen molar-refractivity contribution < 1.29 is 26.3 Å². The highest BCUT2D eigenvalue weighted by Crippen LogP contribution is 2.24. The Hall–Kier alpha value is -0.950. The molecule has 0 aliphatic rings. The zero-order valence-electron chi connectivity index (χ0n) is 8.19. The topological polar surface area (TPSA) is 26.0 Å². The van der Waals surface area contributed by atoms with Crippen molar-refractivity contribution in [2.24, 2.45) is 5.73 Å². The van der Waals surface area contributed by atoms with E-state index in [2.05, 4.69) is 0 Å². The van der Waals surface area contributed by atoms with Crippen molar-refractivity contribution in [1.82, 2.24) is 0 Å². The normalized spacial score (nSPS) is 13.1. The van der Waals surface area contributed by atoms with Gasteiger partial charge in [-0.3, -0.25) is 0 Å². The van der Waals surface area contributed by atoms with E-state index in [1.54, 1.807) is 0 Å². The zero-order valence-corrected chi connectivity index (χ0v) is 9.01. The van der Waals surface area contributed by atoms with Crippen LogP contribution in [0.1, 0.15) is 5.56 Å². The Morgan fingerprint density at radius 3 is 1.82 bits per heavy atom. The summed E-state index contributed by atoms with van der Waals surface area (Å²) in [5.74, 6) is -3.95. The molecule has 0 radical (unpaired) electrons. The van der Waals surface area contributed by atoms with Crippen LogP contribution >= 0.6 is 12.4 Å². The Morgan fingerprint density at radius 2 is 1.47 bits per heavy atom. The molecule has 0 aliphatic carbocycles. The largest absolute Gasteiger partial charge is 0.403 e. The van der Waals surface area contributed by atoms with Crippen LogP contribution in [0.15, 0.2) is 12.1 Å². The van der Waals surface area contributed by atoms with Gasteiger partial charge in [0, 0.05) is 24.1 Å². The van der Waals surface area contributed by atoms with Crippen LogP contribution in [-0.2, 0) is 6.42 Å². The van der Waals surface area contributed by atoms with Crippen LogP contribution < -0.4 is 5.73 Å². The van der Waals surface area contributed by atoms with Gasteiger partial charge in [0.05, 0.1) is 0 Å². The molecule has 1 unspecified atom stereocenters. The molecule has 1 rings (SSSR count). The van der Waals surface area contributed by atoms with E-state index < -0.39 is 41.7 Å². The minimum atomic E-state index is -4.76. The molecule has 0 heterocycles. The van der Waals surface area contributed by atoms with Crippen LogP contribution in [0.2, 0.25) is 0 Å². The van der Waals surface area contributed by atoms with Crippen LogP contribution in [0.3, 0.4) is 0 Å². The van der Waals surface area contributed by atoms with E-state index in [0.29, 0.717) is 12.1 Å². The molecule has 1 aromatic carbocycles. The number of hydrogen-bond acceptors (Lipinski definition) is 1. The van der Waals surface area contributed by atoms with Crippen molar-refractivity contribution in [2.45, 2.75) is 18.6 Å². The molecule has 0 saturated carbocycles. The third kappa shape index (κ3) is 4.08. The molecule has 1 aromatic rings. The molecule has 98 valence electrons. The monoisotopic (exact) mass is 279 g/mol. The third-order valence-electron chi connectivity index (χ3n) is 1.95. The first-order valence-electron chi connectivity index (χ1n) is 4.17. The Balaban J connectivity index is 0.00000256. The summed E-state index contributed by atoms with van der Waals surface area (Å²) < 4.78 is 74.5. The van der Waals surface area contributed by atoms with Gasteiger partial charge in [-0.1, -0.05) is 0 Å². The van der Waals surface area contributed by atoms with Crippen molar-refractivity contribution in [3.8, 4) is 0 Å². The summed E-state index contributed by atoms with van der Waals surface area (Å²) in [5.41, 5.74) is 3.84. The van der Waals surface area contributed by atoms with Gasteiger partial charge in [-0.2, -0.15) is 13.2 Å². The fourth-order valence-electron chi connectivity index (χ4n) is 1.10. The molecule has 0 amide bonds. The van der Waals surface area contributed by atoms with Crippen molar-refractivity contribution in [3.63, 3.8) is 0 Å². The molecular formula is C9H8ClF6N. The van der Waals surface area contributed by atoms with Gasteiger partial charge < -0.3 is 5.73 Å². The summed E-state index contributed by atoms with van der Waals surface area (Å²) in [4.78, 5) is 0. The number of hydrogen-bond donors (Lipinski definition) is 1. The van der Waals surface area contributed by atoms with Crippen molar-refractivity contribution in [3.05, 3.63) is 35.1 Å². The van der Waals surface area contributed by atoms with Gasteiger partial charge in [-0.25, -0.2) is 13.2 Å². The molecule has 2 N–H and O–H groups in total. The summed E-state index contributed by atoms with van der Waals surface area (Å²) in [6.07, 6.45) is -5.82. The summed E-state index contributed by atoms with van der Waals surface area (Å²) in [6.45, 7) is 0. The molecule has 0 aromatic heterocycles. The Kier molecular flexibility index (Phi) is 5.28. The lowest BCUT2D eigenvalue weighted by atomic mass is 10.0. The fraction of sp³-hybridized carbons (Fsp3) is 0.333. The maximum absolute atomic E-state index is 13.0. The van der Waals surface area contributed by atoms with Crippen LogP contribution in [0.5, 0.6) is 0 Å². The molecule has 0 bridgehead atoms. The Labute approximate surface area is 99.0 Å². The highest BCUT2D eigenvalue weighted by atomic mass is 35.5. The van der Waals surface area contributed by atoms with E-state index in [0.717, 1.165) is 0 Å². The lowest BCUT2D eigenvalue weighted by molar-refractivity contribution is -0.147. The van der Waals surface area contributed by atoms with Gasteiger partial charge >= 0.3 is 6.18 Å². The molecule has 0 spiro atoms. The SMILES string of the molecule is Cl.NC(Cc1c(F)cc(F)cc1F)C(F)(F)F. The van der Waals surface area contributed by atoms with Crippen molar-refractivity contribution in [2.75, 3.05) is 0 Å². The van der Waals surface area contributed by atoms with Gasteiger partial charge in [-0.15, -0.1) is 12.4 Å². The van der Waals surface area contributed by atoms with Crippen LogP contribution in [0.25, 0.3) is 0 Å². The van der Waals surface area contributed by atoms with Crippen LogP contribution in [0, 0.1) is 17.5 Å². The lowest BCUT2D eigenvalue weighted by Gasteiger charge is -2.16. The second-order valence-corrected chi connectivity index (χ2v) is 3.20. The number of nitrogens with two attached hydrogens (primary N) is 1. The predicted molar refractivity (Wildman–Crippen MR) is 51.3 cm³/mol. The number of rotatable bonds is 2. The van der Waals surface area contributed by atoms with Crippen LogP contribution in [0.4, 0.5) is 26.3 Å². The lowest BCUT2D eigenvalue weighted by Crippen LogP contribution is -2.39. The highest BCUT2D eigenvalue weighted by Gasteiger charge is 2.37. The van der Waals surface area contributed by atoms with E-state index in [9.17, 15) is 26.3 Å². The van der Waals surface area contributed by atoms with Gasteiger partial charge in [0.2, 0.25) is 0 Å². The van der Waals surface area contributed by atoms with E-state index in [4.69, 9.17) is 5.73 Å². The van der Waals surface area contributed by atoms with E-state index in [-0.39, 0.29) is 12.4 Å². The number of benzene rings is 1. The van der Waals surface area contributed by atoms with Crippen molar-refractivity contribution >= 4 is 12.4 Å². The van der Waals surface area contributed by atoms with E-state index >= 15 is 0 Å². The Bertz CT molecular complexity index is 369. The molecule has 0 fully saturated rings. The standard InChI is InChI=1S/C9H7F6N.ClH/c10-4-1-6(11)5(7(12)2-4)3-8(16)9(13,14)15;/h1-2,8H,3,16H2;1H. The molecule has 17 heavy (non-hydrogen) atoms. The average molecular weight is 280 g/mol. The first-order valence-corrected chi connectivity index (χ1v) is 4.17. The second kappa shape index (κ2) is 5.59. The minimum Gasteiger partial charge on any atom is -0.320 e. The molecule has 1 nitrogen and oxygen atoms in total. The van der Waals surface area contributed by atoms with Gasteiger partial charge in [0.25, 0.3) is 0 Å².